The van der Waals surface area contributed by atoms with Gasteiger partial charge < -0.3 is 5.11 Å². The van der Waals surface area contributed by atoms with E-state index in [4.69, 9.17) is 0 Å². The normalized spacial score (nSPS) is 25.4. The molecule has 1 aromatic carbocycles. The zero-order valence-electron chi connectivity index (χ0n) is 15.9. The first kappa shape index (κ1) is 18.1. The summed E-state index contributed by atoms with van der Waals surface area (Å²) in [5, 5.41) is 17.3. The average molecular weight is 395 g/mol. The van der Waals surface area contributed by atoms with E-state index in [9.17, 15) is 5.11 Å². The molecule has 0 spiro atoms. The number of nitrogens with one attached hydrogen (secondary N) is 1. The second-order valence-corrected chi connectivity index (χ2v) is 9.44. The van der Waals surface area contributed by atoms with E-state index in [1.807, 2.05) is 17.4 Å². The third kappa shape index (κ3) is 3.42. The topological polar surface area (TPSA) is 55.4 Å². The Morgan fingerprint density at radius 2 is 1.82 bits per heavy atom. The van der Waals surface area contributed by atoms with Crippen molar-refractivity contribution in [1.29, 1.82) is 0 Å². The van der Waals surface area contributed by atoms with E-state index in [2.05, 4.69) is 62.5 Å². The Hall–Kier alpha value is -1.99. The van der Waals surface area contributed by atoms with Crippen LogP contribution in [-0.2, 0) is 13.1 Å². The number of nitrogens with zero attached hydrogens (tertiary/aromatic N) is 3. The Balaban J connectivity index is 1.23. The lowest BCUT2D eigenvalue weighted by Gasteiger charge is -2.27. The molecule has 5 nitrogen and oxygen atoms in total. The summed E-state index contributed by atoms with van der Waals surface area (Å²) in [7, 11) is 0. The Labute approximate surface area is 169 Å². The lowest BCUT2D eigenvalue weighted by Crippen LogP contribution is -2.36. The standard InChI is InChI=1S/C22H26N4OS/c27-16-22-14-25(12-19-8-9-23-24-19)10-18(22)11-26(15-22)13-20-6-7-21(28-20)17-4-2-1-3-5-17/h1-9,18,27H,10-16H2,(H,23,24). The number of aromatic amines is 1. The fraction of sp³-hybridized carbons (Fsp3) is 0.409. The maximum Gasteiger partial charge on any atom is 0.0515 e. The largest absolute Gasteiger partial charge is 0.396 e. The number of hydrogen-bond donors (Lipinski definition) is 2. The lowest BCUT2D eigenvalue weighted by atomic mass is 9.82. The van der Waals surface area contributed by atoms with E-state index >= 15 is 0 Å². The summed E-state index contributed by atoms with van der Waals surface area (Å²) >= 11 is 1.89. The van der Waals surface area contributed by atoms with Crippen molar-refractivity contribution in [3.63, 3.8) is 0 Å². The third-order valence-corrected chi connectivity index (χ3v) is 7.39. The first-order valence-corrected chi connectivity index (χ1v) is 10.7. The van der Waals surface area contributed by atoms with Crippen molar-refractivity contribution in [3.8, 4) is 10.4 Å². The van der Waals surface area contributed by atoms with Gasteiger partial charge in [0.05, 0.1) is 6.61 Å². The molecule has 6 heteroatoms. The fourth-order valence-corrected chi connectivity index (χ4v) is 5.98. The van der Waals surface area contributed by atoms with Gasteiger partial charge in [0.1, 0.15) is 0 Å². The highest BCUT2D eigenvalue weighted by Gasteiger charge is 2.51. The Morgan fingerprint density at radius 1 is 1.04 bits per heavy atom. The summed E-state index contributed by atoms with van der Waals surface area (Å²) in [6.07, 6.45) is 1.81. The lowest BCUT2D eigenvalue weighted by molar-refractivity contribution is 0.110. The van der Waals surface area contributed by atoms with Crippen LogP contribution in [0, 0.1) is 11.3 Å². The van der Waals surface area contributed by atoms with Gasteiger partial charge in [0.25, 0.3) is 0 Å². The Morgan fingerprint density at radius 3 is 2.50 bits per heavy atom. The first-order chi connectivity index (χ1) is 13.7. The summed E-state index contributed by atoms with van der Waals surface area (Å²) in [4.78, 5) is 7.73. The molecular formula is C22H26N4OS. The SMILES string of the molecule is OCC12CN(Cc3ccn[nH]3)CC1CN(Cc1ccc(-c3ccccc3)s1)C2. The van der Waals surface area contributed by atoms with Crippen molar-refractivity contribution in [2.24, 2.45) is 11.3 Å². The monoisotopic (exact) mass is 394 g/mol. The summed E-state index contributed by atoms with van der Waals surface area (Å²) < 4.78 is 0. The molecular weight excluding hydrogens is 368 g/mol. The molecule has 0 aliphatic carbocycles. The molecule has 2 unspecified atom stereocenters. The van der Waals surface area contributed by atoms with Crippen LogP contribution in [0.25, 0.3) is 10.4 Å². The van der Waals surface area contributed by atoms with Crippen LogP contribution in [0.4, 0.5) is 0 Å². The number of aromatic nitrogens is 2. The predicted molar refractivity (Wildman–Crippen MR) is 112 cm³/mol. The number of likely N-dealkylation sites (tertiary alicyclic amines) is 2. The van der Waals surface area contributed by atoms with Gasteiger partial charge in [-0.1, -0.05) is 30.3 Å². The molecule has 0 saturated carbocycles. The molecule has 2 fully saturated rings. The van der Waals surface area contributed by atoms with E-state index in [0.717, 1.165) is 45.0 Å². The van der Waals surface area contributed by atoms with E-state index in [1.165, 1.54) is 15.3 Å². The van der Waals surface area contributed by atoms with Crippen molar-refractivity contribution < 1.29 is 5.11 Å². The van der Waals surface area contributed by atoms with Crippen molar-refractivity contribution in [3.05, 3.63) is 65.3 Å². The summed E-state index contributed by atoms with van der Waals surface area (Å²) in [5.74, 6) is 0.536. The number of H-pyrrole nitrogens is 1. The van der Waals surface area contributed by atoms with Crippen LogP contribution in [0.5, 0.6) is 0 Å². The Bertz CT molecular complexity index is 910. The van der Waals surface area contributed by atoms with Gasteiger partial charge in [-0.3, -0.25) is 14.9 Å². The molecule has 4 heterocycles. The van der Waals surface area contributed by atoms with Crippen LogP contribution in [0.2, 0.25) is 0 Å². The van der Waals surface area contributed by atoms with E-state index in [-0.39, 0.29) is 12.0 Å². The van der Waals surface area contributed by atoms with Crippen molar-refractivity contribution >= 4 is 11.3 Å². The van der Waals surface area contributed by atoms with Gasteiger partial charge in [0.2, 0.25) is 0 Å². The van der Waals surface area contributed by atoms with E-state index in [0.29, 0.717) is 5.92 Å². The highest BCUT2D eigenvalue weighted by molar-refractivity contribution is 7.15. The van der Waals surface area contributed by atoms with E-state index in [1.54, 1.807) is 6.20 Å². The average Bonchev–Trinajstić information content (AvgIpc) is 3.47. The molecule has 28 heavy (non-hydrogen) atoms. The van der Waals surface area contributed by atoms with Gasteiger partial charge >= 0.3 is 0 Å². The van der Waals surface area contributed by atoms with Crippen molar-refractivity contribution in [2.75, 3.05) is 32.8 Å². The van der Waals surface area contributed by atoms with Crippen LogP contribution >= 0.6 is 11.3 Å². The molecule has 5 rings (SSSR count). The number of hydrogen-bond acceptors (Lipinski definition) is 5. The number of fused-ring (bicyclic) bond motifs is 1. The molecule has 2 aliphatic rings. The first-order valence-electron chi connectivity index (χ1n) is 9.92. The van der Waals surface area contributed by atoms with Crippen LogP contribution in [0.15, 0.2) is 54.7 Å². The van der Waals surface area contributed by atoms with Gasteiger partial charge in [-0.05, 0) is 29.7 Å². The van der Waals surface area contributed by atoms with Crippen LogP contribution < -0.4 is 0 Å². The summed E-state index contributed by atoms with van der Waals surface area (Å²) in [6, 6.07) is 17.1. The van der Waals surface area contributed by atoms with Gasteiger partial charge in [-0.2, -0.15) is 5.10 Å². The number of aliphatic hydroxyl groups is 1. The van der Waals surface area contributed by atoms with Gasteiger partial charge in [0.15, 0.2) is 0 Å². The molecule has 3 aromatic rings. The van der Waals surface area contributed by atoms with Crippen molar-refractivity contribution in [2.45, 2.75) is 13.1 Å². The summed E-state index contributed by atoms with van der Waals surface area (Å²) in [5.41, 5.74) is 2.45. The van der Waals surface area contributed by atoms with Crippen LogP contribution in [0.1, 0.15) is 10.6 Å². The molecule has 0 amide bonds. The second kappa shape index (κ2) is 7.44. The smallest absolute Gasteiger partial charge is 0.0515 e. The molecule has 0 radical (unpaired) electrons. The second-order valence-electron chi connectivity index (χ2n) is 8.27. The molecule has 2 N–H and O–H groups in total. The molecule has 2 aromatic heterocycles. The predicted octanol–water partition coefficient (Wildman–Crippen LogP) is 3.06. The zero-order valence-corrected chi connectivity index (χ0v) is 16.7. The number of thiophene rings is 1. The van der Waals surface area contributed by atoms with Gasteiger partial charge in [-0.15, -0.1) is 11.3 Å². The molecule has 0 bridgehead atoms. The summed E-state index contributed by atoms with van der Waals surface area (Å²) in [6.45, 7) is 6.21. The maximum atomic E-state index is 10.2. The quantitative estimate of drug-likeness (QED) is 0.675. The third-order valence-electron chi connectivity index (χ3n) is 6.27. The minimum Gasteiger partial charge on any atom is -0.396 e. The van der Waals surface area contributed by atoms with Gasteiger partial charge in [-0.25, -0.2) is 0 Å². The van der Waals surface area contributed by atoms with Crippen LogP contribution in [-0.4, -0.2) is 57.9 Å². The highest BCUT2D eigenvalue weighted by atomic mass is 32.1. The molecule has 146 valence electrons. The minimum absolute atomic E-state index is 0.0134. The number of benzene rings is 1. The fourth-order valence-electron chi connectivity index (χ4n) is 4.92. The van der Waals surface area contributed by atoms with Crippen molar-refractivity contribution in [1.82, 2.24) is 20.0 Å². The molecule has 2 aliphatic heterocycles. The maximum absolute atomic E-state index is 10.2. The van der Waals surface area contributed by atoms with Crippen LogP contribution in [0.3, 0.4) is 0 Å². The molecule has 2 atom stereocenters. The highest BCUT2D eigenvalue weighted by Crippen LogP contribution is 2.43. The Kier molecular flexibility index (Phi) is 4.80. The molecule has 2 saturated heterocycles. The number of rotatable bonds is 6. The minimum atomic E-state index is 0.0134. The van der Waals surface area contributed by atoms with E-state index < -0.39 is 0 Å². The van der Waals surface area contributed by atoms with Gasteiger partial charge in [0, 0.05) is 66.3 Å². The number of aliphatic hydroxyl groups excluding tert-OH is 1. The zero-order chi connectivity index (χ0) is 19.0.